The van der Waals surface area contributed by atoms with E-state index in [1.54, 1.807) is 13.3 Å². The van der Waals surface area contributed by atoms with E-state index in [-0.39, 0.29) is 11.8 Å². The van der Waals surface area contributed by atoms with Crippen LogP contribution in [-0.4, -0.2) is 23.0 Å². The lowest BCUT2D eigenvalue weighted by Gasteiger charge is -2.12. The van der Waals surface area contributed by atoms with Crippen molar-refractivity contribution in [3.63, 3.8) is 0 Å². The molecule has 0 aliphatic carbocycles. The number of nitrogens with one attached hydrogen (secondary N) is 2. The smallest absolute Gasteiger partial charge is 0.227 e. The first-order chi connectivity index (χ1) is 12.2. The minimum atomic E-state index is -0.241. The quantitative estimate of drug-likeness (QED) is 0.724. The molecule has 2 aromatic carbocycles. The van der Waals surface area contributed by atoms with E-state index in [2.05, 4.69) is 15.3 Å². The average molecular weight is 335 g/mol. The van der Waals surface area contributed by atoms with Crippen LogP contribution in [0.1, 0.15) is 24.2 Å². The first-order valence-corrected chi connectivity index (χ1v) is 8.18. The van der Waals surface area contributed by atoms with E-state index in [1.807, 2.05) is 61.5 Å². The number of aromatic nitrogens is 2. The first-order valence-electron chi connectivity index (χ1n) is 8.18. The summed E-state index contributed by atoms with van der Waals surface area (Å²) in [6.07, 6.45) is 1.78. The number of methoxy groups -OCH3 is 1. The van der Waals surface area contributed by atoms with E-state index < -0.39 is 0 Å². The van der Waals surface area contributed by atoms with Crippen molar-refractivity contribution >= 4 is 5.91 Å². The zero-order valence-electron chi connectivity index (χ0n) is 14.3. The molecule has 0 spiro atoms. The van der Waals surface area contributed by atoms with Gasteiger partial charge in [-0.05, 0) is 30.2 Å². The molecule has 1 amide bonds. The number of carbonyl (C=O) groups is 1. The fourth-order valence-corrected chi connectivity index (χ4v) is 2.58. The second-order valence-electron chi connectivity index (χ2n) is 5.82. The molecule has 0 saturated heterocycles. The van der Waals surface area contributed by atoms with Gasteiger partial charge in [-0.3, -0.25) is 4.79 Å². The Kier molecular flexibility index (Phi) is 5.14. The van der Waals surface area contributed by atoms with E-state index in [0.717, 1.165) is 28.4 Å². The van der Waals surface area contributed by atoms with E-state index in [0.29, 0.717) is 6.54 Å². The number of carbonyl (C=O) groups excluding carboxylic acids is 1. The molecular formula is C20H21N3O2. The highest BCUT2D eigenvalue weighted by Gasteiger charge is 2.15. The van der Waals surface area contributed by atoms with Crippen LogP contribution in [0.5, 0.6) is 5.75 Å². The summed E-state index contributed by atoms with van der Waals surface area (Å²) in [5.74, 6) is 1.23. The summed E-state index contributed by atoms with van der Waals surface area (Å²) in [5.41, 5.74) is 2.95. The second kappa shape index (κ2) is 7.66. The lowest BCUT2D eigenvalue weighted by Crippen LogP contribution is -2.27. The molecular weight excluding hydrogens is 314 g/mol. The van der Waals surface area contributed by atoms with Gasteiger partial charge in [-0.1, -0.05) is 42.5 Å². The van der Waals surface area contributed by atoms with Gasteiger partial charge in [-0.15, -0.1) is 0 Å². The molecule has 0 radical (unpaired) electrons. The Morgan fingerprint density at radius 3 is 2.56 bits per heavy atom. The number of H-pyrrole nitrogens is 1. The summed E-state index contributed by atoms with van der Waals surface area (Å²) in [4.78, 5) is 19.9. The largest absolute Gasteiger partial charge is 0.497 e. The van der Waals surface area contributed by atoms with Crippen molar-refractivity contribution in [2.45, 2.75) is 19.4 Å². The Balaban J connectivity index is 1.59. The van der Waals surface area contributed by atoms with Crippen LogP contribution in [0.25, 0.3) is 11.3 Å². The summed E-state index contributed by atoms with van der Waals surface area (Å²) in [6.45, 7) is 2.25. The third kappa shape index (κ3) is 4.07. The molecule has 3 rings (SSSR count). The van der Waals surface area contributed by atoms with Crippen LogP contribution in [0.3, 0.4) is 0 Å². The fraction of sp³-hybridized carbons (Fsp3) is 0.200. The van der Waals surface area contributed by atoms with Crippen LogP contribution in [0, 0.1) is 0 Å². The number of ether oxygens (including phenoxy) is 1. The molecule has 2 N–H and O–H groups in total. The Morgan fingerprint density at radius 2 is 1.88 bits per heavy atom. The van der Waals surface area contributed by atoms with Crippen LogP contribution in [-0.2, 0) is 11.3 Å². The lowest BCUT2D eigenvalue weighted by molar-refractivity contribution is -0.122. The van der Waals surface area contributed by atoms with Gasteiger partial charge >= 0.3 is 0 Å². The maximum atomic E-state index is 12.4. The van der Waals surface area contributed by atoms with Crippen molar-refractivity contribution in [3.8, 4) is 17.0 Å². The molecule has 1 atom stereocenters. The fourth-order valence-electron chi connectivity index (χ4n) is 2.58. The van der Waals surface area contributed by atoms with Gasteiger partial charge in [-0.2, -0.15) is 0 Å². The van der Waals surface area contributed by atoms with Crippen molar-refractivity contribution < 1.29 is 9.53 Å². The van der Waals surface area contributed by atoms with Crippen LogP contribution in [0.4, 0.5) is 0 Å². The number of nitrogens with zero attached hydrogens (tertiary/aromatic N) is 1. The maximum absolute atomic E-state index is 12.4. The van der Waals surface area contributed by atoms with Gasteiger partial charge in [0.2, 0.25) is 5.91 Å². The molecule has 0 bridgehead atoms. The summed E-state index contributed by atoms with van der Waals surface area (Å²) in [7, 11) is 1.62. The summed E-state index contributed by atoms with van der Waals surface area (Å²) in [6, 6.07) is 17.5. The predicted octanol–water partition coefficient (Wildman–Crippen LogP) is 3.51. The Hall–Kier alpha value is -3.08. The number of hydrogen-bond donors (Lipinski definition) is 2. The monoisotopic (exact) mass is 335 g/mol. The predicted molar refractivity (Wildman–Crippen MR) is 97.3 cm³/mol. The Bertz CT molecular complexity index is 826. The van der Waals surface area contributed by atoms with Crippen molar-refractivity contribution in [2.24, 2.45) is 0 Å². The van der Waals surface area contributed by atoms with Gasteiger partial charge in [-0.25, -0.2) is 4.98 Å². The minimum absolute atomic E-state index is 0.0390. The molecule has 0 unspecified atom stereocenters. The SMILES string of the molecule is COc1ccc([C@H](C)C(=O)NCc2ncc(-c3ccccc3)[nH]2)cc1. The number of hydrogen-bond acceptors (Lipinski definition) is 3. The highest BCUT2D eigenvalue weighted by atomic mass is 16.5. The van der Waals surface area contributed by atoms with Gasteiger partial charge in [0.05, 0.1) is 31.5 Å². The standard InChI is InChI=1S/C20H21N3O2/c1-14(15-8-10-17(25-2)11-9-15)20(24)22-13-19-21-12-18(23-19)16-6-4-3-5-7-16/h3-12,14H,13H2,1-2H3,(H,21,23)(H,22,24)/t14-/m0/s1. The van der Waals surface area contributed by atoms with Crippen LogP contribution < -0.4 is 10.1 Å². The molecule has 3 aromatic rings. The molecule has 25 heavy (non-hydrogen) atoms. The lowest BCUT2D eigenvalue weighted by atomic mass is 10.0. The van der Waals surface area contributed by atoms with Crippen molar-refractivity contribution in [1.29, 1.82) is 0 Å². The molecule has 1 aromatic heterocycles. The van der Waals surface area contributed by atoms with E-state index in [1.165, 1.54) is 0 Å². The zero-order valence-corrected chi connectivity index (χ0v) is 14.3. The molecule has 0 saturated carbocycles. The molecule has 1 heterocycles. The van der Waals surface area contributed by atoms with Gasteiger partial charge in [0, 0.05) is 0 Å². The molecule has 0 aliphatic heterocycles. The zero-order chi connectivity index (χ0) is 17.6. The Labute approximate surface area is 147 Å². The summed E-state index contributed by atoms with van der Waals surface area (Å²) in [5, 5.41) is 2.93. The van der Waals surface area contributed by atoms with Crippen LogP contribution >= 0.6 is 0 Å². The highest BCUT2D eigenvalue weighted by Crippen LogP contribution is 2.20. The van der Waals surface area contributed by atoms with Crippen LogP contribution in [0.15, 0.2) is 60.8 Å². The van der Waals surface area contributed by atoms with Gasteiger partial charge in [0.1, 0.15) is 11.6 Å². The van der Waals surface area contributed by atoms with Crippen molar-refractivity contribution in [3.05, 3.63) is 72.2 Å². The van der Waals surface area contributed by atoms with E-state index in [9.17, 15) is 4.79 Å². The topological polar surface area (TPSA) is 67.0 Å². The number of imidazole rings is 1. The molecule has 0 fully saturated rings. The van der Waals surface area contributed by atoms with E-state index >= 15 is 0 Å². The molecule has 0 aliphatic rings. The minimum Gasteiger partial charge on any atom is -0.497 e. The number of rotatable bonds is 6. The number of benzene rings is 2. The van der Waals surface area contributed by atoms with Gasteiger partial charge in [0.15, 0.2) is 0 Å². The normalized spacial score (nSPS) is 11.8. The second-order valence-corrected chi connectivity index (χ2v) is 5.82. The third-order valence-electron chi connectivity index (χ3n) is 4.15. The van der Waals surface area contributed by atoms with Crippen molar-refractivity contribution in [2.75, 3.05) is 7.11 Å². The molecule has 5 heteroatoms. The van der Waals surface area contributed by atoms with Crippen molar-refractivity contribution in [1.82, 2.24) is 15.3 Å². The number of aromatic amines is 1. The highest BCUT2D eigenvalue weighted by molar-refractivity contribution is 5.83. The maximum Gasteiger partial charge on any atom is 0.227 e. The summed E-state index contributed by atoms with van der Waals surface area (Å²) >= 11 is 0. The Morgan fingerprint density at radius 1 is 1.16 bits per heavy atom. The van der Waals surface area contributed by atoms with Crippen LogP contribution in [0.2, 0.25) is 0 Å². The number of amides is 1. The first kappa shape index (κ1) is 16.8. The average Bonchev–Trinajstić information content (AvgIpc) is 3.15. The molecule has 5 nitrogen and oxygen atoms in total. The van der Waals surface area contributed by atoms with Gasteiger partial charge in [0.25, 0.3) is 0 Å². The molecule has 128 valence electrons. The third-order valence-corrected chi connectivity index (χ3v) is 4.15. The van der Waals surface area contributed by atoms with Gasteiger partial charge < -0.3 is 15.0 Å². The van der Waals surface area contributed by atoms with E-state index in [4.69, 9.17) is 4.74 Å². The summed E-state index contributed by atoms with van der Waals surface area (Å²) < 4.78 is 5.14.